The van der Waals surface area contributed by atoms with E-state index in [-0.39, 0.29) is 12.3 Å². The summed E-state index contributed by atoms with van der Waals surface area (Å²) in [5, 5.41) is 6.82. The zero-order chi connectivity index (χ0) is 13.9. The maximum Gasteiger partial charge on any atom is 0.258 e. The van der Waals surface area contributed by atoms with Crippen molar-refractivity contribution < 1.29 is 14.1 Å². The molecule has 6 nitrogen and oxygen atoms in total. The number of ether oxygens (including phenoxy) is 1. The lowest BCUT2D eigenvalue weighted by Crippen LogP contribution is -2.34. The van der Waals surface area contributed by atoms with Crippen LogP contribution in [0.15, 0.2) is 4.52 Å². The first-order chi connectivity index (χ1) is 9.01. The number of amides is 1. The molecule has 1 amide bonds. The average Bonchev–Trinajstić information content (AvgIpc) is 3.00. The molecule has 0 spiro atoms. The van der Waals surface area contributed by atoms with Crippen molar-refractivity contribution in [1.29, 1.82) is 0 Å². The number of carbonyl (C=O) groups excluding carboxylic acids is 1. The maximum atomic E-state index is 11.8. The van der Waals surface area contributed by atoms with Gasteiger partial charge in [-0.05, 0) is 26.7 Å². The largest absolute Gasteiger partial charge is 0.369 e. The van der Waals surface area contributed by atoms with Crippen LogP contribution in [0.1, 0.15) is 51.2 Å². The Hall–Kier alpha value is -1.43. The van der Waals surface area contributed by atoms with Crippen LogP contribution in [0.25, 0.3) is 0 Å². The van der Waals surface area contributed by atoms with Crippen molar-refractivity contribution in [1.82, 2.24) is 15.5 Å². The highest BCUT2D eigenvalue weighted by molar-refractivity contribution is 5.78. The van der Waals surface area contributed by atoms with Gasteiger partial charge in [-0.25, -0.2) is 0 Å². The fraction of sp³-hybridized carbons (Fsp3) is 0.769. The summed E-state index contributed by atoms with van der Waals surface area (Å²) < 4.78 is 10.4. The second kappa shape index (κ2) is 5.69. The first kappa shape index (κ1) is 14.0. The second-order valence-corrected chi connectivity index (χ2v) is 5.46. The van der Waals surface area contributed by atoms with Gasteiger partial charge in [-0.1, -0.05) is 18.0 Å². The van der Waals surface area contributed by atoms with Gasteiger partial charge in [0.05, 0.1) is 6.42 Å². The lowest BCUT2D eigenvalue weighted by Gasteiger charge is -2.16. The number of methoxy groups -OCH3 is 1. The van der Waals surface area contributed by atoms with Gasteiger partial charge in [0.15, 0.2) is 5.82 Å². The van der Waals surface area contributed by atoms with Gasteiger partial charge in [-0.2, -0.15) is 4.98 Å². The molecular formula is C13H21N3O3. The lowest BCUT2D eigenvalue weighted by molar-refractivity contribution is -0.121. The van der Waals surface area contributed by atoms with E-state index in [4.69, 9.17) is 9.26 Å². The van der Waals surface area contributed by atoms with E-state index in [0.717, 1.165) is 12.8 Å². The third-order valence-corrected chi connectivity index (χ3v) is 3.53. The van der Waals surface area contributed by atoms with E-state index in [9.17, 15) is 4.79 Å². The molecule has 106 valence electrons. The molecule has 2 rings (SSSR count). The average molecular weight is 267 g/mol. The summed E-state index contributed by atoms with van der Waals surface area (Å²) in [4.78, 5) is 16.0. The summed E-state index contributed by atoms with van der Waals surface area (Å²) in [6.07, 6.45) is 4.68. The number of nitrogens with one attached hydrogen (secondary N) is 1. The van der Waals surface area contributed by atoms with E-state index in [1.165, 1.54) is 12.8 Å². The van der Waals surface area contributed by atoms with E-state index in [1.54, 1.807) is 7.11 Å². The molecule has 0 aromatic carbocycles. The van der Waals surface area contributed by atoms with Gasteiger partial charge in [0, 0.05) is 13.2 Å². The van der Waals surface area contributed by atoms with Crippen LogP contribution in [0.5, 0.6) is 0 Å². The highest BCUT2D eigenvalue weighted by atomic mass is 16.5. The molecule has 1 aromatic rings. The summed E-state index contributed by atoms with van der Waals surface area (Å²) >= 11 is 0. The number of hydrogen-bond donors (Lipinski definition) is 1. The van der Waals surface area contributed by atoms with Gasteiger partial charge in [-0.15, -0.1) is 0 Å². The fourth-order valence-corrected chi connectivity index (χ4v) is 2.15. The number of nitrogens with zero attached hydrogens (tertiary/aromatic N) is 2. The molecule has 1 N–H and O–H groups in total. The van der Waals surface area contributed by atoms with Crippen LogP contribution in [-0.4, -0.2) is 29.2 Å². The van der Waals surface area contributed by atoms with Gasteiger partial charge in [0.25, 0.3) is 5.89 Å². The summed E-state index contributed by atoms with van der Waals surface area (Å²) in [5.74, 6) is 0.740. The standard InChI is InChI=1S/C13H21N3O3/c1-13(2,18-3)12-15-10(16-19-12)8-11(17)14-9-6-4-5-7-9/h9H,4-8H2,1-3H3,(H,14,17). The van der Waals surface area contributed by atoms with E-state index in [1.807, 2.05) is 13.8 Å². The quantitative estimate of drug-likeness (QED) is 0.875. The van der Waals surface area contributed by atoms with Crippen LogP contribution >= 0.6 is 0 Å². The van der Waals surface area contributed by atoms with Crippen molar-refractivity contribution in [3.8, 4) is 0 Å². The molecule has 6 heteroatoms. The number of hydrogen-bond acceptors (Lipinski definition) is 5. The van der Waals surface area contributed by atoms with Crippen molar-refractivity contribution in [2.75, 3.05) is 7.11 Å². The summed E-state index contributed by atoms with van der Waals surface area (Å²) in [7, 11) is 1.58. The van der Waals surface area contributed by atoms with Gasteiger partial charge in [-0.3, -0.25) is 4.79 Å². The van der Waals surface area contributed by atoms with Crippen LogP contribution in [0.4, 0.5) is 0 Å². The predicted octanol–water partition coefficient (Wildman–Crippen LogP) is 1.55. The number of aromatic nitrogens is 2. The Morgan fingerprint density at radius 2 is 2.16 bits per heavy atom. The third-order valence-electron chi connectivity index (χ3n) is 3.53. The molecule has 19 heavy (non-hydrogen) atoms. The molecule has 1 saturated carbocycles. The highest BCUT2D eigenvalue weighted by Gasteiger charge is 2.27. The van der Waals surface area contributed by atoms with E-state index in [2.05, 4.69) is 15.5 Å². The monoisotopic (exact) mass is 267 g/mol. The summed E-state index contributed by atoms with van der Waals surface area (Å²) in [6, 6.07) is 0.314. The van der Waals surface area contributed by atoms with Crippen molar-refractivity contribution in [3.05, 3.63) is 11.7 Å². The van der Waals surface area contributed by atoms with Crippen LogP contribution in [-0.2, 0) is 21.6 Å². The van der Waals surface area contributed by atoms with Crippen molar-refractivity contribution in [2.24, 2.45) is 0 Å². The molecule has 1 aliphatic rings. The van der Waals surface area contributed by atoms with E-state index < -0.39 is 5.60 Å². The Bertz CT molecular complexity index is 436. The van der Waals surface area contributed by atoms with Gasteiger partial charge >= 0.3 is 0 Å². The summed E-state index contributed by atoms with van der Waals surface area (Å²) in [6.45, 7) is 3.67. The Labute approximate surface area is 112 Å². The zero-order valence-corrected chi connectivity index (χ0v) is 11.7. The molecule has 1 fully saturated rings. The van der Waals surface area contributed by atoms with Crippen molar-refractivity contribution in [2.45, 2.75) is 57.6 Å². The molecule has 0 radical (unpaired) electrons. The van der Waals surface area contributed by atoms with E-state index >= 15 is 0 Å². The highest BCUT2D eigenvalue weighted by Crippen LogP contribution is 2.21. The molecule has 0 saturated heterocycles. The second-order valence-electron chi connectivity index (χ2n) is 5.46. The van der Waals surface area contributed by atoms with Gasteiger partial charge in [0.1, 0.15) is 5.60 Å². The van der Waals surface area contributed by atoms with E-state index in [0.29, 0.717) is 17.8 Å². The normalized spacial score (nSPS) is 16.8. The van der Waals surface area contributed by atoms with Gasteiger partial charge < -0.3 is 14.6 Å². The number of carbonyl (C=O) groups is 1. The number of rotatable bonds is 5. The first-order valence-electron chi connectivity index (χ1n) is 6.69. The lowest BCUT2D eigenvalue weighted by atomic mass is 10.1. The van der Waals surface area contributed by atoms with Crippen molar-refractivity contribution in [3.63, 3.8) is 0 Å². The van der Waals surface area contributed by atoms with Crippen molar-refractivity contribution >= 4 is 5.91 Å². The Morgan fingerprint density at radius 1 is 1.47 bits per heavy atom. The van der Waals surface area contributed by atoms with Crippen LogP contribution < -0.4 is 5.32 Å². The van der Waals surface area contributed by atoms with Crippen LogP contribution in [0.2, 0.25) is 0 Å². The Morgan fingerprint density at radius 3 is 2.79 bits per heavy atom. The minimum Gasteiger partial charge on any atom is -0.369 e. The smallest absolute Gasteiger partial charge is 0.258 e. The minimum absolute atomic E-state index is 0.0468. The minimum atomic E-state index is -0.632. The maximum absolute atomic E-state index is 11.8. The first-order valence-corrected chi connectivity index (χ1v) is 6.69. The molecule has 1 aromatic heterocycles. The summed E-state index contributed by atoms with van der Waals surface area (Å²) in [5.41, 5.74) is -0.632. The molecule has 0 bridgehead atoms. The van der Waals surface area contributed by atoms with Crippen LogP contribution in [0, 0.1) is 0 Å². The predicted molar refractivity (Wildman–Crippen MR) is 68.4 cm³/mol. The molecule has 0 unspecified atom stereocenters. The molecule has 0 atom stereocenters. The molecular weight excluding hydrogens is 246 g/mol. The molecule has 1 aliphatic carbocycles. The van der Waals surface area contributed by atoms with Crippen LogP contribution in [0.3, 0.4) is 0 Å². The third kappa shape index (κ3) is 3.53. The Kier molecular flexibility index (Phi) is 4.19. The zero-order valence-electron chi connectivity index (χ0n) is 11.7. The molecule has 1 heterocycles. The molecule has 0 aliphatic heterocycles. The van der Waals surface area contributed by atoms with Gasteiger partial charge in [0.2, 0.25) is 5.91 Å². The topological polar surface area (TPSA) is 77.2 Å². The Balaban J connectivity index is 1.90. The SMILES string of the molecule is COC(C)(C)c1nc(CC(=O)NC2CCCC2)no1. The fourth-order valence-electron chi connectivity index (χ4n) is 2.15.